The van der Waals surface area contributed by atoms with Gasteiger partial charge in [-0.1, -0.05) is 27.7 Å². The van der Waals surface area contributed by atoms with Crippen LogP contribution in [0.15, 0.2) is 0 Å². The van der Waals surface area contributed by atoms with Gasteiger partial charge >= 0.3 is 19.5 Å². The standard InChI is InChI=1S/C8H19O4P.Zn/c1-7(2)5-11-13(9,10)12-6-8(3)4;/h7-8H,5-6H2,1-4H3,(H,9,10);/q;+2/p-1. The first-order valence-corrected chi connectivity index (χ1v) is 5.89. The van der Waals surface area contributed by atoms with E-state index in [0.717, 1.165) is 0 Å². The second kappa shape index (κ2) is 7.95. The van der Waals surface area contributed by atoms with Gasteiger partial charge < -0.3 is 13.9 Å². The summed E-state index contributed by atoms with van der Waals surface area (Å²) in [5, 5.41) is 0. The zero-order valence-electron chi connectivity index (χ0n) is 9.36. The van der Waals surface area contributed by atoms with E-state index in [-0.39, 0.29) is 44.5 Å². The average Bonchev–Trinajstić information content (AvgIpc) is 1.98. The first kappa shape index (κ1) is 17.1. The van der Waals surface area contributed by atoms with Gasteiger partial charge in [0, 0.05) is 0 Å². The van der Waals surface area contributed by atoms with Crippen molar-refractivity contribution in [2.75, 3.05) is 13.2 Å². The number of rotatable bonds is 6. The first-order valence-electron chi connectivity index (χ1n) is 4.43. The Morgan fingerprint density at radius 3 is 1.57 bits per heavy atom. The van der Waals surface area contributed by atoms with Crippen molar-refractivity contribution in [3.8, 4) is 0 Å². The van der Waals surface area contributed by atoms with Crippen LogP contribution in [0.2, 0.25) is 0 Å². The van der Waals surface area contributed by atoms with Crippen LogP contribution < -0.4 is 4.89 Å². The maximum absolute atomic E-state index is 11.0. The topological polar surface area (TPSA) is 58.6 Å². The molecule has 0 heterocycles. The molecule has 0 amide bonds. The van der Waals surface area contributed by atoms with Gasteiger partial charge in [-0.3, -0.25) is 4.57 Å². The molecular weight excluding hydrogens is 256 g/mol. The summed E-state index contributed by atoms with van der Waals surface area (Å²) in [5.41, 5.74) is 0. The number of hydrogen-bond acceptors (Lipinski definition) is 4. The summed E-state index contributed by atoms with van der Waals surface area (Å²) in [6.07, 6.45) is 0. The van der Waals surface area contributed by atoms with Gasteiger partial charge in [-0.25, -0.2) is 0 Å². The van der Waals surface area contributed by atoms with Crippen LogP contribution in [0.3, 0.4) is 0 Å². The van der Waals surface area contributed by atoms with Gasteiger partial charge in [-0.2, -0.15) is 0 Å². The summed E-state index contributed by atoms with van der Waals surface area (Å²) in [7, 11) is -4.05. The van der Waals surface area contributed by atoms with Gasteiger partial charge in [-0.15, -0.1) is 0 Å². The van der Waals surface area contributed by atoms with E-state index in [1.165, 1.54) is 0 Å². The van der Waals surface area contributed by atoms with Gasteiger partial charge in [0.05, 0.1) is 13.2 Å². The summed E-state index contributed by atoms with van der Waals surface area (Å²) in [6.45, 7) is 7.87. The predicted octanol–water partition coefficient (Wildman–Crippen LogP) is 1.80. The molecule has 0 aliphatic heterocycles. The van der Waals surface area contributed by atoms with Crippen molar-refractivity contribution < 1.29 is 38.0 Å². The fourth-order valence-electron chi connectivity index (χ4n) is 0.518. The Balaban J connectivity index is 0. The molecule has 0 aliphatic carbocycles. The fraction of sp³-hybridized carbons (Fsp3) is 1.00. The van der Waals surface area contributed by atoms with Crippen LogP contribution in [0.5, 0.6) is 0 Å². The summed E-state index contributed by atoms with van der Waals surface area (Å²) in [6, 6.07) is 0. The molecule has 0 aromatic heterocycles. The molecule has 0 saturated carbocycles. The van der Waals surface area contributed by atoms with Gasteiger partial charge in [0.25, 0.3) is 7.82 Å². The third-order valence-electron chi connectivity index (χ3n) is 1.13. The molecule has 0 aliphatic rings. The van der Waals surface area contributed by atoms with E-state index in [1.54, 1.807) is 0 Å². The summed E-state index contributed by atoms with van der Waals surface area (Å²) < 4.78 is 20.3. The molecule has 14 heavy (non-hydrogen) atoms. The molecule has 0 N–H and O–H groups in total. The van der Waals surface area contributed by atoms with Crippen LogP contribution >= 0.6 is 7.82 Å². The molecule has 4 nitrogen and oxygen atoms in total. The van der Waals surface area contributed by atoms with E-state index in [4.69, 9.17) is 0 Å². The molecule has 80 valence electrons. The van der Waals surface area contributed by atoms with Crippen LogP contribution in [-0.4, -0.2) is 13.2 Å². The smallest absolute Gasteiger partial charge is 0.756 e. The maximum Gasteiger partial charge on any atom is 2.00 e. The molecule has 0 aromatic rings. The Bertz CT molecular complexity index is 168. The third kappa shape index (κ3) is 10.8. The molecular formula is C8H18O4PZn+. The molecule has 0 unspecified atom stereocenters. The van der Waals surface area contributed by atoms with Crippen LogP contribution in [0.4, 0.5) is 0 Å². The minimum atomic E-state index is -4.05. The Morgan fingerprint density at radius 1 is 1.07 bits per heavy atom. The SMILES string of the molecule is CC(C)COP(=O)([O-])OCC(C)C.[Zn+2]. The minimum absolute atomic E-state index is 0. The van der Waals surface area contributed by atoms with Crippen LogP contribution in [-0.2, 0) is 33.1 Å². The molecule has 0 rings (SSSR count). The molecule has 0 bridgehead atoms. The summed E-state index contributed by atoms with van der Waals surface area (Å²) >= 11 is 0. The number of phosphoric acid groups is 1. The Morgan fingerprint density at radius 2 is 1.36 bits per heavy atom. The van der Waals surface area contributed by atoms with Gasteiger partial charge in [0.15, 0.2) is 0 Å². The van der Waals surface area contributed by atoms with E-state index in [0.29, 0.717) is 0 Å². The van der Waals surface area contributed by atoms with Gasteiger partial charge in [0.1, 0.15) is 0 Å². The molecule has 0 fully saturated rings. The zero-order valence-corrected chi connectivity index (χ0v) is 13.2. The van der Waals surface area contributed by atoms with Gasteiger partial charge in [-0.05, 0) is 11.8 Å². The second-order valence-corrected chi connectivity index (χ2v) is 5.24. The Hall–Kier alpha value is 0.733. The van der Waals surface area contributed by atoms with E-state index in [1.807, 2.05) is 27.7 Å². The van der Waals surface area contributed by atoms with Crippen molar-refractivity contribution in [2.24, 2.45) is 11.8 Å². The molecule has 0 spiro atoms. The first-order chi connectivity index (χ1) is 5.83. The molecule has 6 heteroatoms. The maximum atomic E-state index is 11.0. The predicted molar refractivity (Wildman–Crippen MR) is 49.2 cm³/mol. The quantitative estimate of drug-likeness (QED) is 0.547. The molecule has 0 radical (unpaired) electrons. The molecule has 0 atom stereocenters. The second-order valence-electron chi connectivity index (χ2n) is 3.83. The van der Waals surface area contributed by atoms with E-state index < -0.39 is 7.82 Å². The van der Waals surface area contributed by atoms with Crippen LogP contribution in [0, 0.1) is 11.8 Å². The van der Waals surface area contributed by atoms with E-state index in [9.17, 15) is 9.46 Å². The fourth-order valence-corrected chi connectivity index (χ4v) is 1.55. The summed E-state index contributed by atoms with van der Waals surface area (Å²) in [4.78, 5) is 11.0. The van der Waals surface area contributed by atoms with Crippen molar-refractivity contribution in [3.05, 3.63) is 0 Å². The van der Waals surface area contributed by atoms with Crippen molar-refractivity contribution in [1.82, 2.24) is 0 Å². The average molecular weight is 275 g/mol. The third-order valence-corrected chi connectivity index (χ3v) is 2.06. The normalized spacial score (nSPS) is 11.9. The van der Waals surface area contributed by atoms with E-state index >= 15 is 0 Å². The Labute approximate surface area is 98.7 Å². The van der Waals surface area contributed by atoms with Crippen molar-refractivity contribution in [3.63, 3.8) is 0 Å². The van der Waals surface area contributed by atoms with E-state index in [2.05, 4.69) is 9.05 Å². The Kier molecular flexibility index (Phi) is 9.74. The minimum Gasteiger partial charge on any atom is -0.756 e. The monoisotopic (exact) mass is 273 g/mol. The van der Waals surface area contributed by atoms with Crippen LogP contribution in [0.1, 0.15) is 27.7 Å². The molecule has 0 aromatic carbocycles. The van der Waals surface area contributed by atoms with Gasteiger partial charge in [0.2, 0.25) is 0 Å². The number of phosphoric ester groups is 1. The van der Waals surface area contributed by atoms with Crippen molar-refractivity contribution >= 4 is 7.82 Å². The van der Waals surface area contributed by atoms with Crippen LogP contribution in [0.25, 0.3) is 0 Å². The zero-order chi connectivity index (χ0) is 10.5. The van der Waals surface area contributed by atoms with Crippen molar-refractivity contribution in [1.29, 1.82) is 0 Å². The largest absolute Gasteiger partial charge is 2.00 e. The van der Waals surface area contributed by atoms with Crippen molar-refractivity contribution in [2.45, 2.75) is 27.7 Å². The summed E-state index contributed by atoms with van der Waals surface area (Å²) in [5.74, 6) is 0.370. The number of hydrogen-bond donors (Lipinski definition) is 0. The molecule has 0 saturated heterocycles.